The van der Waals surface area contributed by atoms with Crippen molar-refractivity contribution in [2.45, 2.75) is 353 Å². The van der Waals surface area contributed by atoms with E-state index in [0.29, 0.717) is 19.3 Å². The first-order valence-electron chi connectivity index (χ1n) is 34.3. The molecule has 0 amide bonds. The van der Waals surface area contributed by atoms with Gasteiger partial charge in [-0.1, -0.05) is 248 Å². The molecular formula is C71H124O12. The third-order valence-electron chi connectivity index (χ3n) is 15.5. The van der Waals surface area contributed by atoms with Gasteiger partial charge in [0.25, 0.3) is 0 Å². The fourth-order valence-electron chi connectivity index (χ4n) is 10.2. The molecule has 0 spiro atoms. The van der Waals surface area contributed by atoms with Crippen LogP contribution >= 0.6 is 0 Å². The highest BCUT2D eigenvalue weighted by atomic mass is 16.7. The molecule has 1 aliphatic heterocycles. The Balaban J connectivity index is 2.64. The molecule has 1 fully saturated rings. The lowest BCUT2D eigenvalue weighted by atomic mass is 9.98. The predicted molar refractivity (Wildman–Crippen MR) is 340 cm³/mol. The topological polar surface area (TPSA) is 175 Å². The number of carboxylic acids is 1. The van der Waals surface area contributed by atoms with Gasteiger partial charge in [0, 0.05) is 19.3 Å². The number of aliphatic carboxylic acids is 1. The highest BCUT2D eigenvalue weighted by Crippen LogP contribution is 2.27. The number of allylic oxidation sites excluding steroid dienone is 10. The monoisotopic (exact) mass is 1170 g/mol. The van der Waals surface area contributed by atoms with Crippen LogP contribution in [0.15, 0.2) is 60.8 Å². The summed E-state index contributed by atoms with van der Waals surface area (Å²) >= 11 is 0. The quantitative estimate of drug-likeness (QED) is 0.0228. The largest absolute Gasteiger partial charge is 0.479 e. The SMILES string of the molecule is CCCCC/C=C\C/C=C\CCCCCCCCCC(=O)OCC(COC1OC(C(=O)O)C(O)C(O)C1OC(=O)CCCCCCCCCCC/C=C\CCCCCCCC)OC(=O)CCCCCCCCC/C=C\C/C=C\CCCCC. The van der Waals surface area contributed by atoms with Gasteiger partial charge in [-0.25, -0.2) is 4.79 Å². The molecule has 0 aromatic heterocycles. The molecule has 0 saturated carbocycles. The summed E-state index contributed by atoms with van der Waals surface area (Å²) in [4.78, 5) is 51.4. The standard InChI is InChI=1S/C71H124O12/c1-4-7-10-13-16-19-22-25-28-31-32-35-38-41-44-47-50-53-56-59-65(74)82-69-67(76)66(75)68(70(77)78)83-71(69)80-61-62(81-64(73)58-55-52-49-46-43-40-37-34-30-27-24-21-18-15-12-9-6-3)60-79-63(72)57-54-51-48-45-42-39-36-33-29-26-23-20-17-14-11-8-5-2/h17-18,20-21,25-30,62,66-69,71,75-76H,4-16,19,22-24,31-61H2,1-3H3,(H,77,78)/b20-17-,21-18-,28-25-,29-26-,30-27-. The summed E-state index contributed by atoms with van der Waals surface area (Å²) in [5.74, 6) is -3.12. The van der Waals surface area contributed by atoms with Crippen molar-refractivity contribution in [1.82, 2.24) is 0 Å². The van der Waals surface area contributed by atoms with Crippen LogP contribution < -0.4 is 0 Å². The Morgan fingerprint density at radius 2 is 0.723 bits per heavy atom. The van der Waals surface area contributed by atoms with Crippen molar-refractivity contribution in [3.63, 3.8) is 0 Å². The molecule has 0 aliphatic carbocycles. The lowest BCUT2D eigenvalue weighted by Crippen LogP contribution is -2.61. The minimum Gasteiger partial charge on any atom is -0.479 e. The van der Waals surface area contributed by atoms with E-state index in [4.69, 9.17) is 23.7 Å². The fourth-order valence-corrected chi connectivity index (χ4v) is 10.2. The van der Waals surface area contributed by atoms with Crippen LogP contribution in [-0.2, 0) is 42.9 Å². The number of carbonyl (C=O) groups is 4. The van der Waals surface area contributed by atoms with E-state index >= 15 is 0 Å². The smallest absolute Gasteiger partial charge is 0.335 e. The molecule has 1 heterocycles. The maximum absolute atomic E-state index is 13.2. The minimum atomic E-state index is -1.91. The number of hydrogen-bond donors (Lipinski definition) is 3. The van der Waals surface area contributed by atoms with Crippen molar-refractivity contribution in [2.75, 3.05) is 13.2 Å². The van der Waals surface area contributed by atoms with E-state index in [-0.39, 0.29) is 25.9 Å². The van der Waals surface area contributed by atoms with Crippen LogP contribution in [0, 0.1) is 0 Å². The van der Waals surface area contributed by atoms with Crippen LogP contribution in [0.3, 0.4) is 0 Å². The van der Waals surface area contributed by atoms with Crippen molar-refractivity contribution in [1.29, 1.82) is 0 Å². The number of esters is 3. The van der Waals surface area contributed by atoms with Crippen LogP contribution in [0.5, 0.6) is 0 Å². The summed E-state index contributed by atoms with van der Waals surface area (Å²) in [6.45, 7) is 5.97. The van der Waals surface area contributed by atoms with Gasteiger partial charge in [0.1, 0.15) is 18.8 Å². The average Bonchev–Trinajstić information content (AvgIpc) is 3.58. The van der Waals surface area contributed by atoms with E-state index in [1.54, 1.807) is 0 Å². The van der Waals surface area contributed by atoms with Crippen LogP contribution in [0.2, 0.25) is 0 Å². The Morgan fingerprint density at radius 3 is 1.12 bits per heavy atom. The molecule has 1 rings (SSSR count). The van der Waals surface area contributed by atoms with E-state index in [1.807, 2.05) is 0 Å². The van der Waals surface area contributed by atoms with Gasteiger partial charge in [0.15, 0.2) is 24.6 Å². The molecule has 3 N–H and O–H groups in total. The Labute approximate surface area is 506 Å². The van der Waals surface area contributed by atoms with E-state index in [2.05, 4.69) is 81.5 Å². The second kappa shape index (κ2) is 58.8. The van der Waals surface area contributed by atoms with Crippen LogP contribution in [0.4, 0.5) is 0 Å². The van der Waals surface area contributed by atoms with Crippen molar-refractivity contribution in [3.05, 3.63) is 60.8 Å². The lowest BCUT2D eigenvalue weighted by Gasteiger charge is -2.40. The van der Waals surface area contributed by atoms with Gasteiger partial charge < -0.3 is 39.0 Å². The van der Waals surface area contributed by atoms with Gasteiger partial charge in [0.05, 0.1) is 6.61 Å². The molecule has 480 valence electrons. The maximum atomic E-state index is 13.2. The molecular weight excluding hydrogens is 1040 g/mol. The first kappa shape index (κ1) is 77.4. The zero-order valence-electron chi connectivity index (χ0n) is 53.2. The number of aliphatic hydroxyl groups excluding tert-OH is 2. The summed E-state index contributed by atoms with van der Waals surface area (Å²) in [6, 6.07) is 0. The van der Waals surface area contributed by atoms with Gasteiger partial charge in [-0.3, -0.25) is 14.4 Å². The molecule has 0 aromatic rings. The molecule has 83 heavy (non-hydrogen) atoms. The maximum Gasteiger partial charge on any atom is 0.335 e. The van der Waals surface area contributed by atoms with Crippen molar-refractivity contribution in [3.8, 4) is 0 Å². The van der Waals surface area contributed by atoms with Gasteiger partial charge in [-0.2, -0.15) is 0 Å². The number of unbranched alkanes of at least 4 members (excludes halogenated alkanes) is 35. The second-order valence-electron chi connectivity index (χ2n) is 23.5. The van der Waals surface area contributed by atoms with Crippen molar-refractivity contribution in [2.24, 2.45) is 0 Å². The second-order valence-corrected chi connectivity index (χ2v) is 23.5. The molecule has 12 heteroatoms. The Bertz CT molecular complexity index is 1670. The summed E-state index contributed by atoms with van der Waals surface area (Å²) in [7, 11) is 0. The molecule has 0 bridgehead atoms. The minimum absolute atomic E-state index is 0.0572. The fraction of sp³-hybridized carbons (Fsp3) is 0.803. The highest BCUT2D eigenvalue weighted by molar-refractivity contribution is 5.74. The zero-order valence-corrected chi connectivity index (χ0v) is 53.2. The molecule has 1 aliphatic rings. The van der Waals surface area contributed by atoms with Gasteiger partial charge >= 0.3 is 23.9 Å². The van der Waals surface area contributed by atoms with Crippen molar-refractivity contribution < 1.29 is 58.2 Å². The third-order valence-corrected chi connectivity index (χ3v) is 15.5. The first-order valence-corrected chi connectivity index (χ1v) is 34.3. The van der Waals surface area contributed by atoms with Gasteiger partial charge in [-0.05, 0) is 109 Å². The van der Waals surface area contributed by atoms with Crippen molar-refractivity contribution >= 4 is 23.9 Å². The lowest BCUT2D eigenvalue weighted by molar-refractivity contribution is -0.301. The van der Waals surface area contributed by atoms with Crippen LogP contribution in [-0.4, -0.2) is 89.2 Å². The van der Waals surface area contributed by atoms with E-state index in [1.165, 1.54) is 141 Å². The Morgan fingerprint density at radius 1 is 0.398 bits per heavy atom. The van der Waals surface area contributed by atoms with Crippen LogP contribution in [0.1, 0.15) is 316 Å². The van der Waals surface area contributed by atoms with E-state index in [9.17, 15) is 34.5 Å². The van der Waals surface area contributed by atoms with Gasteiger partial charge in [0.2, 0.25) is 0 Å². The number of hydrogen-bond acceptors (Lipinski definition) is 11. The molecule has 0 aromatic carbocycles. The summed E-state index contributed by atoms with van der Waals surface area (Å²) in [5, 5.41) is 31.6. The first-order chi connectivity index (χ1) is 40.6. The van der Waals surface area contributed by atoms with E-state index in [0.717, 1.165) is 116 Å². The highest BCUT2D eigenvalue weighted by Gasteiger charge is 2.50. The van der Waals surface area contributed by atoms with Crippen LogP contribution in [0.25, 0.3) is 0 Å². The predicted octanol–water partition coefficient (Wildman–Crippen LogP) is 18.7. The average molecular weight is 1170 g/mol. The molecule has 1 saturated heterocycles. The molecule has 6 atom stereocenters. The number of ether oxygens (including phenoxy) is 5. The summed E-state index contributed by atoms with van der Waals surface area (Å²) in [6.07, 6.45) is 61.6. The normalized spacial score (nSPS) is 17.9. The zero-order chi connectivity index (χ0) is 60.3. The van der Waals surface area contributed by atoms with Gasteiger partial charge in [-0.15, -0.1) is 0 Å². The Kier molecular flexibility index (Phi) is 54.8. The number of aliphatic hydroxyl groups is 2. The number of carbonyl (C=O) groups excluding carboxylic acids is 3. The third kappa shape index (κ3) is 48.3. The van der Waals surface area contributed by atoms with E-state index < -0.39 is 67.3 Å². The summed E-state index contributed by atoms with van der Waals surface area (Å²) < 4.78 is 28.6. The molecule has 0 radical (unpaired) electrons. The number of carboxylic acid groups (broad SMARTS) is 1. The Hall–Kier alpha value is -3.58. The molecule has 6 unspecified atom stereocenters. The number of rotatable bonds is 59. The molecule has 12 nitrogen and oxygen atoms in total. The summed E-state index contributed by atoms with van der Waals surface area (Å²) in [5.41, 5.74) is 0.